The van der Waals surface area contributed by atoms with E-state index in [1.165, 1.54) is 6.07 Å². The molecule has 1 aromatic carbocycles. The lowest BCUT2D eigenvalue weighted by molar-refractivity contribution is 0.102. The van der Waals surface area contributed by atoms with Gasteiger partial charge in [-0.15, -0.1) is 0 Å². The summed E-state index contributed by atoms with van der Waals surface area (Å²) in [5, 5.41) is 3.13. The van der Waals surface area contributed by atoms with Crippen LogP contribution in [0.1, 0.15) is 15.9 Å². The maximum Gasteiger partial charge on any atom is 0.414 e. The number of cyclic esters (lactones) is 1. The monoisotopic (exact) mass is 416 g/mol. The largest absolute Gasteiger partial charge is 0.447 e. The molecule has 0 atom stereocenters. The van der Waals surface area contributed by atoms with Crippen LogP contribution in [-0.2, 0) is 9.47 Å². The number of rotatable bonds is 4. The summed E-state index contributed by atoms with van der Waals surface area (Å²) < 4.78 is 10.4. The van der Waals surface area contributed by atoms with Crippen molar-refractivity contribution in [3.05, 3.63) is 46.6 Å². The van der Waals surface area contributed by atoms with Gasteiger partial charge in [-0.05, 0) is 36.8 Å². The molecule has 0 radical (unpaired) electrons. The maximum atomic E-state index is 12.8. The molecule has 9 heteroatoms. The predicted molar refractivity (Wildman–Crippen MR) is 110 cm³/mol. The van der Waals surface area contributed by atoms with Crippen LogP contribution in [0.3, 0.4) is 0 Å². The van der Waals surface area contributed by atoms with E-state index in [1.54, 1.807) is 23.1 Å². The van der Waals surface area contributed by atoms with Crippen LogP contribution in [-0.4, -0.2) is 56.4 Å². The van der Waals surface area contributed by atoms with Crippen LogP contribution in [0.4, 0.5) is 22.0 Å². The highest BCUT2D eigenvalue weighted by molar-refractivity contribution is 6.30. The number of pyridine rings is 1. The summed E-state index contributed by atoms with van der Waals surface area (Å²) in [6.45, 7) is 5.36. The quantitative estimate of drug-likeness (QED) is 0.771. The van der Waals surface area contributed by atoms with Gasteiger partial charge in [0, 0.05) is 24.3 Å². The minimum absolute atomic E-state index is 0.253. The Morgan fingerprint density at radius 2 is 1.93 bits per heavy atom. The number of nitrogens with zero attached hydrogens (tertiary/aromatic N) is 3. The molecule has 0 bridgehead atoms. The number of nitrogens with one attached hydrogen (secondary N) is 1. The second kappa shape index (κ2) is 8.26. The number of hydrogen-bond donors (Lipinski definition) is 1. The van der Waals surface area contributed by atoms with Gasteiger partial charge in [-0.25, -0.2) is 9.78 Å². The lowest BCUT2D eigenvalue weighted by Crippen LogP contribution is -2.36. The fourth-order valence-electron chi connectivity index (χ4n) is 3.36. The fourth-order valence-corrected chi connectivity index (χ4v) is 3.57. The minimum Gasteiger partial charge on any atom is -0.447 e. The van der Waals surface area contributed by atoms with E-state index >= 15 is 0 Å². The third-order valence-electron chi connectivity index (χ3n) is 4.90. The number of amides is 2. The number of hydrogen-bond acceptors (Lipinski definition) is 6. The second-order valence-corrected chi connectivity index (χ2v) is 7.24. The number of halogens is 1. The van der Waals surface area contributed by atoms with E-state index in [9.17, 15) is 9.59 Å². The zero-order valence-electron chi connectivity index (χ0n) is 16.0. The molecule has 3 heterocycles. The van der Waals surface area contributed by atoms with Gasteiger partial charge in [-0.1, -0.05) is 17.7 Å². The number of aryl methyl sites for hydroxylation is 1. The van der Waals surface area contributed by atoms with Crippen molar-refractivity contribution in [2.45, 2.75) is 6.92 Å². The molecular formula is C20H21ClN4O4. The summed E-state index contributed by atoms with van der Waals surface area (Å²) in [6, 6.07) is 8.68. The lowest BCUT2D eigenvalue weighted by atomic mass is 10.1. The van der Waals surface area contributed by atoms with Crippen molar-refractivity contribution in [3.8, 4) is 0 Å². The maximum absolute atomic E-state index is 12.8. The average molecular weight is 417 g/mol. The standard InChI is InChI=1S/C20H21ClN4O4/c1-13-2-3-15(12-16(13)25-6-9-29-20(25)27)22-19(26)14-10-17(21)23-18(11-14)24-4-7-28-8-5-24/h2-3,10-12H,4-9H2,1H3,(H,22,26). The topological polar surface area (TPSA) is 84.0 Å². The number of ether oxygens (including phenoxy) is 2. The summed E-state index contributed by atoms with van der Waals surface area (Å²) >= 11 is 6.16. The molecule has 2 saturated heterocycles. The Kier molecular flexibility index (Phi) is 5.55. The summed E-state index contributed by atoms with van der Waals surface area (Å²) in [4.78, 5) is 32.7. The first kappa shape index (κ1) is 19.5. The Bertz CT molecular complexity index is 946. The van der Waals surface area contributed by atoms with E-state index in [0.29, 0.717) is 62.2 Å². The molecule has 2 aromatic rings. The Morgan fingerprint density at radius 1 is 1.14 bits per heavy atom. The van der Waals surface area contributed by atoms with Crippen molar-refractivity contribution in [1.29, 1.82) is 0 Å². The molecule has 1 aromatic heterocycles. The molecule has 8 nitrogen and oxygen atoms in total. The Labute approximate surface area is 173 Å². The number of carbonyl (C=O) groups excluding carboxylic acids is 2. The second-order valence-electron chi connectivity index (χ2n) is 6.86. The van der Waals surface area contributed by atoms with E-state index in [0.717, 1.165) is 5.56 Å². The fraction of sp³-hybridized carbons (Fsp3) is 0.350. The summed E-state index contributed by atoms with van der Waals surface area (Å²) in [6.07, 6.45) is -0.382. The van der Waals surface area contributed by atoms with Crippen LogP contribution in [0, 0.1) is 6.92 Å². The van der Waals surface area contributed by atoms with Gasteiger partial charge in [0.15, 0.2) is 0 Å². The molecule has 2 aliphatic heterocycles. The van der Waals surface area contributed by atoms with Gasteiger partial charge in [-0.2, -0.15) is 0 Å². The first-order valence-electron chi connectivity index (χ1n) is 9.38. The van der Waals surface area contributed by atoms with Crippen LogP contribution in [0.15, 0.2) is 30.3 Å². The van der Waals surface area contributed by atoms with Crippen LogP contribution in [0.2, 0.25) is 5.15 Å². The van der Waals surface area contributed by atoms with Gasteiger partial charge in [0.1, 0.15) is 17.6 Å². The molecular weight excluding hydrogens is 396 g/mol. The molecule has 4 rings (SSSR count). The smallest absolute Gasteiger partial charge is 0.414 e. The van der Waals surface area contributed by atoms with Crippen LogP contribution >= 0.6 is 11.6 Å². The third-order valence-corrected chi connectivity index (χ3v) is 5.09. The first-order valence-corrected chi connectivity index (χ1v) is 9.75. The van der Waals surface area contributed by atoms with Gasteiger partial charge < -0.3 is 19.7 Å². The van der Waals surface area contributed by atoms with Crippen molar-refractivity contribution >= 4 is 40.8 Å². The minimum atomic E-state index is -0.382. The first-order chi connectivity index (χ1) is 14.0. The molecule has 2 aliphatic rings. The number of anilines is 3. The molecule has 152 valence electrons. The van der Waals surface area contributed by atoms with Crippen molar-refractivity contribution in [2.24, 2.45) is 0 Å². The highest BCUT2D eigenvalue weighted by atomic mass is 35.5. The van der Waals surface area contributed by atoms with Gasteiger partial charge in [0.25, 0.3) is 5.91 Å². The summed E-state index contributed by atoms with van der Waals surface area (Å²) in [5.41, 5.74) is 2.63. The van der Waals surface area contributed by atoms with Crippen LogP contribution in [0.25, 0.3) is 0 Å². The third kappa shape index (κ3) is 4.28. The number of carbonyl (C=O) groups is 2. The van der Waals surface area contributed by atoms with Crippen molar-refractivity contribution in [1.82, 2.24) is 4.98 Å². The Balaban J connectivity index is 1.55. The zero-order chi connectivity index (χ0) is 20.4. The zero-order valence-corrected chi connectivity index (χ0v) is 16.7. The van der Waals surface area contributed by atoms with E-state index in [4.69, 9.17) is 21.1 Å². The molecule has 0 spiro atoms. The Morgan fingerprint density at radius 3 is 2.66 bits per heavy atom. The van der Waals surface area contributed by atoms with Crippen LogP contribution < -0.4 is 15.1 Å². The van der Waals surface area contributed by atoms with E-state index in [-0.39, 0.29) is 17.2 Å². The molecule has 2 amide bonds. The number of morpholine rings is 1. The van der Waals surface area contributed by atoms with Gasteiger partial charge in [0.2, 0.25) is 0 Å². The lowest BCUT2D eigenvalue weighted by Gasteiger charge is -2.28. The van der Waals surface area contributed by atoms with Gasteiger partial charge in [-0.3, -0.25) is 9.69 Å². The SMILES string of the molecule is Cc1ccc(NC(=O)c2cc(Cl)nc(N3CCOCC3)c2)cc1N1CCOC1=O. The van der Waals surface area contributed by atoms with Crippen molar-refractivity contribution in [3.63, 3.8) is 0 Å². The van der Waals surface area contributed by atoms with Crippen molar-refractivity contribution in [2.75, 3.05) is 54.6 Å². The van der Waals surface area contributed by atoms with E-state index < -0.39 is 0 Å². The number of benzene rings is 1. The van der Waals surface area contributed by atoms with E-state index in [1.807, 2.05) is 17.9 Å². The molecule has 2 fully saturated rings. The number of aromatic nitrogens is 1. The average Bonchev–Trinajstić information content (AvgIpc) is 3.15. The van der Waals surface area contributed by atoms with E-state index in [2.05, 4.69) is 10.3 Å². The molecule has 1 N–H and O–H groups in total. The molecule has 0 unspecified atom stereocenters. The van der Waals surface area contributed by atoms with Crippen LogP contribution in [0.5, 0.6) is 0 Å². The highest BCUT2D eigenvalue weighted by Crippen LogP contribution is 2.27. The predicted octanol–water partition coefficient (Wildman–Crippen LogP) is 3.09. The molecule has 0 aliphatic carbocycles. The van der Waals surface area contributed by atoms with Crippen molar-refractivity contribution < 1.29 is 19.1 Å². The summed E-state index contributed by atoms with van der Waals surface area (Å²) in [7, 11) is 0. The Hall–Kier alpha value is -2.84. The van der Waals surface area contributed by atoms with Gasteiger partial charge >= 0.3 is 6.09 Å². The van der Waals surface area contributed by atoms with Gasteiger partial charge in [0.05, 0.1) is 25.4 Å². The molecule has 29 heavy (non-hydrogen) atoms. The molecule has 0 saturated carbocycles. The highest BCUT2D eigenvalue weighted by Gasteiger charge is 2.25. The normalized spacial score (nSPS) is 16.7. The summed E-state index contributed by atoms with van der Waals surface area (Å²) in [5.74, 6) is 0.345.